The summed E-state index contributed by atoms with van der Waals surface area (Å²) in [5, 5.41) is 9.72. The van der Waals surface area contributed by atoms with Gasteiger partial charge in [0.1, 0.15) is 0 Å². The first-order valence-electron chi connectivity index (χ1n) is 9.71. The number of Topliss-reactive ketones (excluding diaryl/α,β-unsaturated/α-hetero) is 1. The SMILES string of the molecule is Cc1ccc2c(c1)C(c1ccccc1)C1=C(CC(C)(C)CC1=O)N2CCO. The summed E-state index contributed by atoms with van der Waals surface area (Å²) in [5.74, 6) is 0.208. The van der Waals surface area contributed by atoms with Crippen molar-refractivity contribution in [2.45, 2.75) is 39.5 Å². The number of fused-ring (bicyclic) bond motifs is 1. The summed E-state index contributed by atoms with van der Waals surface area (Å²) in [6.07, 6.45) is 1.42. The summed E-state index contributed by atoms with van der Waals surface area (Å²) in [6.45, 7) is 6.99. The fourth-order valence-electron chi connectivity index (χ4n) is 4.67. The van der Waals surface area contributed by atoms with E-state index in [-0.39, 0.29) is 23.7 Å². The van der Waals surface area contributed by atoms with Crippen molar-refractivity contribution >= 4 is 11.5 Å². The third-order valence-electron chi connectivity index (χ3n) is 5.75. The van der Waals surface area contributed by atoms with Crippen LogP contribution in [-0.4, -0.2) is 24.0 Å². The van der Waals surface area contributed by atoms with Gasteiger partial charge in [0.2, 0.25) is 0 Å². The summed E-state index contributed by atoms with van der Waals surface area (Å²) < 4.78 is 0. The van der Waals surface area contributed by atoms with Gasteiger partial charge in [-0.3, -0.25) is 4.79 Å². The van der Waals surface area contributed by atoms with Crippen LogP contribution >= 0.6 is 0 Å². The molecule has 0 bridgehead atoms. The second kappa shape index (κ2) is 6.65. The van der Waals surface area contributed by atoms with Crippen LogP contribution in [0.3, 0.4) is 0 Å². The molecule has 2 aromatic carbocycles. The molecule has 27 heavy (non-hydrogen) atoms. The number of aliphatic hydroxyl groups excluding tert-OH is 1. The molecule has 0 amide bonds. The van der Waals surface area contributed by atoms with Crippen molar-refractivity contribution in [2.24, 2.45) is 5.41 Å². The van der Waals surface area contributed by atoms with E-state index in [1.807, 2.05) is 18.2 Å². The van der Waals surface area contributed by atoms with Crippen LogP contribution in [0.1, 0.15) is 49.3 Å². The lowest BCUT2D eigenvalue weighted by molar-refractivity contribution is -0.118. The highest BCUT2D eigenvalue weighted by Crippen LogP contribution is 2.51. The number of benzene rings is 2. The first kappa shape index (κ1) is 18.0. The normalized spacial score (nSPS) is 21.1. The molecule has 1 unspecified atom stereocenters. The van der Waals surface area contributed by atoms with Crippen LogP contribution in [0.15, 0.2) is 59.8 Å². The minimum Gasteiger partial charge on any atom is -0.395 e. The van der Waals surface area contributed by atoms with Crippen molar-refractivity contribution in [3.8, 4) is 0 Å². The second-order valence-electron chi connectivity index (χ2n) is 8.58. The van der Waals surface area contributed by atoms with E-state index in [2.05, 4.69) is 56.0 Å². The van der Waals surface area contributed by atoms with Crippen molar-refractivity contribution in [3.63, 3.8) is 0 Å². The number of carbonyl (C=O) groups is 1. The van der Waals surface area contributed by atoms with Gasteiger partial charge in [-0.15, -0.1) is 0 Å². The predicted molar refractivity (Wildman–Crippen MR) is 109 cm³/mol. The Morgan fingerprint density at radius 1 is 1.11 bits per heavy atom. The number of aryl methyl sites for hydroxylation is 1. The molecule has 0 fully saturated rings. The van der Waals surface area contributed by atoms with E-state index in [0.29, 0.717) is 13.0 Å². The average Bonchev–Trinajstić information content (AvgIpc) is 2.62. The van der Waals surface area contributed by atoms with Gasteiger partial charge < -0.3 is 10.0 Å². The van der Waals surface area contributed by atoms with Gasteiger partial charge in [-0.1, -0.05) is 61.9 Å². The molecule has 0 saturated carbocycles. The van der Waals surface area contributed by atoms with Crippen LogP contribution in [0.5, 0.6) is 0 Å². The van der Waals surface area contributed by atoms with Crippen molar-refractivity contribution in [3.05, 3.63) is 76.5 Å². The zero-order valence-corrected chi connectivity index (χ0v) is 16.3. The van der Waals surface area contributed by atoms with Crippen LogP contribution < -0.4 is 4.90 Å². The standard InChI is InChI=1S/C24H27NO2/c1-16-9-10-19-18(13-16)22(17-7-5-4-6-8-17)23-20(25(19)11-12-26)14-24(2,3)15-21(23)27/h4-10,13,22,26H,11-12,14-15H2,1-3H3. The third kappa shape index (κ3) is 3.10. The lowest BCUT2D eigenvalue weighted by Gasteiger charge is -2.45. The van der Waals surface area contributed by atoms with E-state index in [9.17, 15) is 9.90 Å². The van der Waals surface area contributed by atoms with Crippen molar-refractivity contribution in [1.82, 2.24) is 0 Å². The fraction of sp³-hybridized carbons (Fsp3) is 0.375. The minimum atomic E-state index is -0.0624. The van der Waals surface area contributed by atoms with Crippen LogP contribution in [-0.2, 0) is 4.79 Å². The zero-order valence-electron chi connectivity index (χ0n) is 16.3. The highest BCUT2D eigenvalue weighted by atomic mass is 16.3. The summed E-state index contributed by atoms with van der Waals surface area (Å²) in [6, 6.07) is 16.8. The van der Waals surface area contributed by atoms with E-state index < -0.39 is 0 Å². The fourth-order valence-corrected chi connectivity index (χ4v) is 4.67. The summed E-state index contributed by atoms with van der Waals surface area (Å²) >= 11 is 0. The Morgan fingerprint density at radius 2 is 1.85 bits per heavy atom. The first-order valence-corrected chi connectivity index (χ1v) is 9.71. The van der Waals surface area contributed by atoms with Crippen LogP contribution in [0.25, 0.3) is 0 Å². The number of ketones is 1. The molecule has 1 heterocycles. The molecule has 2 aromatic rings. The van der Waals surface area contributed by atoms with Gasteiger partial charge in [-0.05, 0) is 36.0 Å². The maximum absolute atomic E-state index is 13.3. The second-order valence-corrected chi connectivity index (χ2v) is 8.58. The number of allylic oxidation sites excluding steroid dienone is 2. The molecule has 140 valence electrons. The Labute approximate surface area is 161 Å². The predicted octanol–water partition coefficient (Wildman–Crippen LogP) is 4.58. The van der Waals surface area contributed by atoms with E-state index in [4.69, 9.17) is 0 Å². The maximum atomic E-state index is 13.3. The Morgan fingerprint density at radius 3 is 2.56 bits per heavy atom. The van der Waals surface area contributed by atoms with Gasteiger partial charge >= 0.3 is 0 Å². The molecule has 1 atom stereocenters. The number of aliphatic hydroxyl groups is 1. The molecule has 0 saturated heterocycles. The Bertz CT molecular complexity index is 911. The molecule has 3 nitrogen and oxygen atoms in total. The van der Waals surface area contributed by atoms with Gasteiger partial charge in [0.05, 0.1) is 6.61 Å². The lowest BCUT2D eigenvalue weighted by Crippen LogP contribution is -2.40. The number of carbonyl (C=O) groups excluding carboxylic acids is 1. The number of nitrogens with zero attached hydrogens (tertiary/aromatic N) is 1. The van der Waals surface area contributed by atoms with E-state index in [1.54, 1.807) is 0 Å². The summed E-state index contributed by atoms with van der Waals surface area (Å²) in [5.41, 5.74) is 6.59. The molecule has 0 radical (unpaired) electrons. The van der Waals surface area contributed by atoms with Crippen molar-refractivity contribution in [2.75, 3.05) is 18.1 Å². The number of β-amino-alcohol motifs (C(OH)–C–C–N with tert-alkyl or cyclic N) is 1. The topological polar surface area (TPSA) is 40.5 Å². The van der Waals surface area contributed by atoms with Gasteiger partial charge in [-0.25, -0.2) is 0 Å². The van der Waals surface area contributed by atoms with Crippen molar-refractivity contribution in [1.29, 1.82) is 0 Å². The maximum Gasteiger partial charge on any atom is 0.162 e. The Kier molecular flexibility index (Phi) is 4.43. The molecule has 0 aromatic heterocycles. The van der Waals surface area contributed by atoms with Crippen LogP contribution in [0, 0.1) is 12.3 Å². The summed E-state index contributed by atoms with van der Waals surface area (Å²) in [7, 11) is 0. The largest absolute Gasteiger partial charge is 0.395 e. The minimum absolute atomic E-state index is 0.0327. The Balaban J connectivity index is 2.00. The average molecular weight is 361 g/mol. The van der Waals surface area contributed by atoms with Crippen molar-refractivity contribution < 1.29 is 9.90 Å². The zero-order chi connectivity index (χ0) is 19.2. The van der Waals surface area contributed by atoms with Gasteiger partial charge in [0.15, 0.2) is 5.78 Å². The molecule has 2 aliphatic rings. The number of rotatable bonds is 3. The Hall–Kier alpha value is -2.39. The molecule has 4 rings (SSSR count). The highest BCUT2D eigenvalue weighted by Gasteiger charge is 2.43. The van der Waals surface area contributed by atoms with Gasteiger partial charge in [0, 0.05) is 35.8 Å². The van der Waals surface area contributed by atoms with Crippen LogP contribution in [0.2, 0.25) is 0 Å². The van der Waals surface area contributed by atoms with Gasteiger partial charge in [-0.2, -0.15) is 0 Å². The molecular weight excluding hydrogens is 334 g/mol. The number of hydrogen-bond acceptors (Lipinski definition) is 3. The quantitative estimate of drug-likeness (QED) is 0.870. The molecule has 1 aliphatic heterocycles. The first-order chi connectivity index (χ1) is 12.9. The number of hydrogen-bond donors (Lipinski definition) is 1. The lowest BCUT2D eigenvalue weighted by atomic mass is 9.68. The number of anilines is 1. The smallest absolute Gasteiger partial charge is 0.162 e. The third-order valence-corrected chi connectivity index (χ3v) is 5.75. The van der Waals surface area contributed by atoms with E-state index in [1.165, 1.54) is 11.1 Å². The monoisotopic (exact) mass is 361 g/mol. The van der Waals surface area contributed by atoms with Crippen LogP contribution in [0.4, 0.5) is 5.69 Å². The van der Waals surface area contributed by atoms with E-state index >= 15 is 0 Å². The molecule has 1 N–H and O–H groups in total. The highest BCUT2D eigenvalue weighted by molar-refractivity contribution is 6.02. The van der Waals surface area contributed by atoms with E-state index in [0.717, 1.165) is 28.9 Å². The molecule has 1 aliphatic carbocycles. The molecular formula is C24H27NO2. The molecule has 3 heteroatoms. The molecule has 0 spiro atoms. The van der Waals surface area contributed by atoms with Gasteiger partial charge in [0.25, 0.3) is 0 Å². The summed E-state index contributed by atoms with van der Waals surface area (Å²) in [4.78, 5) is 15.5.